The van der Waals surface area contributed by atoms with Gasteiger partial charge in [-0.1, -0.05) is 24.3 Å². The molecule has 0 unspecified atom stereocenters. The van der Waals surface area contributed by atoms with E-state index in [1.54, 1.807) is 0 Å². The molecule has 2 aromatic carbocycles. The van der Waals surface area contributed by atoms with E-state index in [0.717, 1.165) is 6.07 Å². The molecule has 2 aromatic rings. The van der Waals surface area contributed by atoms with Gasteiger partial charge in [0.1, 0.15) is 14.7 Å². The summed E-state index contributed by atoms with van der Waals surface area (Å²) in [4.78, 5) is -4.31. The van der Waals surface area contributed by atoms with Crippen molar-refractivity contribution in [2.24, 2.45) is 0 Å². The van der Waals surface area contributed by atoms with Crippen molar-refractivity contribution in [1.29, 1.82) is 0 Å². The molecular weight excluding hydrogens is 383 g/mol. The fraction of sp³-hybridized carbons (Fsp3) is 0. The molecule has 23 heavy (non-hydrogen) atoms. The number of rotatable bonds is 3. The van der Waals surface area contributed by atoms with E-state index in [4.69, 9.17) is 9.11 Å². The summed E-state index contributed by atoms with van der Waals surface area (Å²) in [5.41, 5.74) is 0. The zero-order valence-electron chi connectivity index (χ0n) is 11.4. The van der Waals surface area contributed by atoms with Crippen LogP contribution in [0.25, 0.3) is 10.8 Å². The topological polar surface area (TPSA) is 163 Å². The third-order valence-corrected chi connectivity index (χ3v) is 5.73. The Morgan fingerprint density at radius 1 is 0.696 bits per heavy atom. The summed E-state index contributed by atoms with van der Waals surface area (Å²) in [6.07, 6.45) is 0. The van der Waals surface area contributed by atoms with Gasteiger partial charge >= 0.3 is 0 Å². The van der Waals surface area contributed by atoms with Crippen LogP contribution in [0, 0.1) is 0 Å². The summed E-state index contributed by atoms with van der Waals surface area (Å²) in [6.45, 7) is 0. The van der Waals surface area contributed by atoms with Gasteiger partial charge in [-0.25, -0.2) is 0 Å². The molecule has 0 aliphatic rings. The van der Waals surface area contributed by atoms with Crippen LogP contribution in [-0.2, 0) is 30.4 Å². The van der Waals surface area contributed by atoms with E-state index in [1.807, 2.05) is 0 Å². The van der Waals surface area contributed by atoms with E-state index in [9.17, 15) is 29.8 Å². The molecule has 0 atom stereocenters. The quantitative estimate of drug-likeness (QED) is 0.490. The Morgan fingerprint density at radius 2 is 1.17 bits per heavy atom. The van der Waals surface area contributed by atoms with Crippen LogP contribution in [0.4, 0.5) is 0 Å². The minimum absolute atomic E-state index is 0. The van der Waals surface area contributed by atoms with Gasteiger partial charge in [0.05, 0.1) is 0 Å². The number of benzene rings is 2. The van der Waals surface area contributed by atoms with Crippen molar-refractivity contribution in [2.75, 3.05) is 0 Å². The van der Waals surface area contributed by atoms with Crippen molar-refractivity contribution in [3.05, 3.63) is 30.3 Å². The molecule has 0 bridgehead atoms. The van der Waals surface area contributed by atoms with E-state index in [1.165, 1.54) is 18.2 Å². The molecular formula is C10H8NaO9S3. The first-order chi connectivity index (χ1) is 9.83. The molecule has 3 N–H and O–H groups in total. The van der Waals surface area contributed by atoms with Gasteiger partial charge in [-0.2, -0.15) is 25.3 Å². The van der Waals surface area contributed by atoms with E-state index in [-0.39, 0.29) is 40.3 Å². The molecule has 0 aliphatic carbocycles. The Morgan fingerprint density at radius 3 is 1.61 bits per heavy atom. The molecule has 0 aromatic heterocycles. The minimum atomic E-state index is -5.40. The molecule has 0 saturated carbocycles. The third kappa shape index (κ3) is 4.10. The molecule has 2 rings (SSSR count). The summed E-state index contributed by atoms with van der Waals surface area (Å²) >= 11 is 0. The SMILES string of the molecule is O=S(=O)(O)c1cc2ccccc2c(S(=O)(=O)O)c1S(=O)(=O)O.[Na]. The van der Waals surface area contributed by atoms with Gasteiger partial charge < -0.3 is 0 Å². The van der Waals surface area contributed by atoms with Crippen molar-refractivity contribution in [3.63, 3.8) is 0 Å². The maximum Gasteiger partial charge on any atom is 0.297 e. The van der Waals surface area contributed by atoms with Gasteiger partial charge in [0.15, 0.2) is 0 Å². The molecule has 9 nitrogen and oxygen atoms in total. The largest absolute Gasteiger partial charge is 0.297 e. The summed E-state index contributed by atoms with van der Waals surface area (Å²) in [5.74, 6) is 0. The van der Waals surface area contributed by atoms with Crippen molar-refractivity contribution < 1.29 is 38.9 Å². The van der Waals surface area contributed by atoms with E-state index in [2.05, 4.69) is 0 Å². The Labute approximate surface area is 153 Å². The zero-order valence-corrected chi connectivity index (χ0v) is 15.9. The van der Waals surface area contributed by atoms with Gasteiger partial charge in [0.25, 0.3) is 30.4 Å². The van der Waals surface area contributed by atoms with Crippen LogP contribution in [0.2, 0.25) is 0 Å². The molecule has 0 saturated heterocycles. The van der Waals surface area contributed by atoms with Crippen LogP contribution in [0.15, 0.2) is 45.0 Å². The van der Waals surface area contributed by atoms with E-state index in [0.29, 0.717) is 6.07 Å². The fourth-order valence-corrected chi connectivity index (χ4v) is 5.37. The predicted molar refractivity (Wildman–Crippen MR) is 79.1 cm³/mol. The van der Waals surface area contributed by atoms with E-state index >= 15 is 0 Å². The molecule has 0 fully saturated rings. The smallest absolute Gasteiger partial charge is 0.282 e. The average Bonchev–Trinajstić information content (AvgIpc) is 2.33. The van der Waals surface area contributed by atoms with Crippen molar-refractivity contribution in [1.82, 2.24) is 0 Å². The Kier molecular flexibility index (Phi) is 5.68. The van der Waals surface area contributed by atoms with Crippen LogP contribution in [0.1, 0.15) is 0 Å². The second-order valence-corrected chi connectivity index (χ2v) is 8.29. The summed E-state index contributed by atoms with van der Waals surface area (Å²) in [5, 5.41) is -0.430. The van der Waals surface area contributed by atoms with Crippen molar-refractivity contribution in [3.8, 4) is 0 Å². The molecule has 121 valence electrons. The van der Waals surface area contributed by atoms with Gasteiger partial charge in [-0.3, -0.25) is 13.7 Å². The Balaban J connectivity index is 0.00000264. The van der Waals surface area contributed by atoms with Gasteiger partial charge in [0.2, 0.25) is 0 Å². The normalized spacial score (nSPS) is 12.8. The molecule has 0 heterocycles. The second kappa shape index (κ2) is 6.38. The standard InChI is InChI=1S/C10H8O9S3.Na/c11-20(12,13)8-5-6-3-1-2-4-7(6)9(21(14,15)16)10(8)22(17,18)19;/h1-5H,(H,11,12,13)(H,14,15,16)(H,17,18,19);. The monoisotopic (exact) mass is 391 g/mol. The van der Waals surface area contributed by atoms with Gasteiger partial charge in [-0.05, 0) is 11.5 Å². The maximum absolute atomic E-state index is 11.5. The van der Waals surface area contributed by atoms with Gasteiger partial charge in [-0.15, -0.1) is 0 Å². The van der Waals surface area contributed by atoms with Crippen LogP contribution >= 0.6 is 0 Å². The first-order valence-electron chi connectivity index (χ1n) is 5.31. The predicted octanol–water partition coefficient (Wildman–Crippen LogP) is 0.199. The molecule has 13 heteroatoms. The molecule has 0 spiro atoms. The third-order valence-electron chi connectivity index (χ3n) is 2.72. The number of hydrogen-bond donors (Lipinski definition) is 3. The summed E-state index contributed by atoms with van der Waals surface area (Å²) in [7, 11) is -15.8. The summed E-state index contributed by atoms with van der Waals surface area (Å²) < 4.78 is 96.0. The molecule has 1 radical (unpaired) electrons. The van der Waals surface area contributed by atoms with Crippen LogP contribution in [0.5, 0.6) is 0 Å². The first-order valence-corrected chi connectivity index (χ1v) is 9.63. The minimum Gasteiger partial charge on any atom is -0.282 e. The summed E-state index contributed by atoms with van der Waals surface area (Å²) in [6, 6.07) is 5.69. The van der Waals surface area contributed by atoms with Crippen LogP contribution < -0.4 is 0 Å². The maximum atomic E-state index is 11.5. The zero-order chi connectivity index (χ0) is 16.9. The van der Waals surface area contributed by atoms with Crippen molar-refractivity contribution >= 4 is 70.7 Å². The van der Waals surface area contributed by atoms with Gasteiger partial charge in [0, 0.05) is 34.9 Å². The van der Waals surface area contributed by atoms with Crippen molar-refractivity contribution in [2.45, 2.75) is 14.7 Å². The number of fused-ring (bicyclic) bond motifs is 1. The Bertz CT molecular complexity index is 1090. The number of hydrogen-bond acceptors (Lipinski definition) is 6. The molecule has 0 aliphatic heterocycles. The van der Waals surface area contributed by atoms with E-state index < -0.39 is 45.0 Å². The average molecular weight is 391 g/mol. The Hall–Kier alpha value is -0.570. The molecule has 0 amide bonds. The first kappa shape index (κ1) is 20.5. The van der Waals surface area contributed by atoms with Crippen LogP contribution in [0.3, 0.4) is 0 Å². The fourth-order valence-electron chi connectivity index (χ4n) is 1.96. The van der Waals surface area contributed by atoms with Crippen LogP contribution in [-0.4, -0.2) is 68.5 Å². The second-order valence-electron chi connectivity index (χ2n) is 4.18.